The minimum absolute atomic E-state index is 0.0329. The van der Waals surface area contributed by atoms with E-state index in [0.29, 0.717) is 12.3 Å². The van der Waals surface area contributed by atoms with Gasteiger partial charge >= 0.3 is 0 Å². The Morgan fingerprint density at radius 3 is 2.35 bits per heavy atom. The minimum Gasteiger partial charge on any atom is -0.355 e. The van der Waals surface area contributed by atoms with Gasteiger partial charge in [0.05, 0.1) is 11.3 Å². The molecule has 0 heterocycles. The average molecular weight is 373 g/mol. The van der Waals surface area contributed by atoms with Crippen molar-refractivity contribution in [2.24, 2.45) is 5.10 Å². The fraction of sp³-hybridized carbons (Fsp3) is 0.263. The van der Waals surface area contributed by atoms with Crippen LogP contribution in [0.15, 0.2) is 64.6 Å². The van der Waals surface area contributed by atoms with E-state index in [-0.39, 0.29) is 17.2 Å². The van der Waals surface area contributed by atoms with Gasteiger partial charge in [-0.2, -0.15) is 13.5 Å². The zero-order chi connectivity index (χ0) is 19.0. The molecular formula is C19H23N3O3S. The Kier molecular flexibility index (Phi) is 6.91. The lowest BCUT2D eigenvalue weighted by Gasteiger charge is -2.07. The molecule has 0 fully saturated rings. The summed E-state index contributed by atoms with van der Waals surface area (Å²) >= 11 is 0. The topological polar surface area (TPSA) is 87.6 Å². The summed E-state index contributed by atoms with van der Waals surface area (Å²) in [6.07, 6.45) is 0.772. The van der Waals surface area contributed by atoms with Gasteiger partial charge in [-0.15, -0.1) is 0 Å². The lowest BCUT2D eigenvalue weighted by Crippen LogP contribution is -2.28. The highest BCUT2D eigenvalue weighted by atomic mass is 32.2. The lowest BCUT2D eigenvalue weighted by atomic mass is 10.1. The average Bonchev–Trinajstić information content (AvgIpc) is 2.61. The molecule has 0 aliphatic carbocycles. The van der Waals surface area contributed by atoms with Crippen LogP contribution in [0.3, 0.4) is 0 Å². The first kappa shape index (κ1) is 19.7. The fourth-order valence-corrected chi connectivity index (χ4v) is 3.11. The lowest BCUT2D eigenvalue weighted by molar-refractivity contribution is -0.119. The predicted molar refractivity (Wildman–Crippen MR) is 102 cm³/mol. The molecule has 0 unspecified atom stereocenters. The van der Waals surface area contributed by atoms with Crippen molar-refractivity contribution in [2.45, 2.75) is 31.6 Å². The molecule has 0 aliphatic rings. The van der Waals surface area contributed by atoms with Crippen molar-refractivity contribution in [3.63, 3.8) is 0 Å². The van der Waals surface area contributed by atoms with Crippen molar-refractivity contribution in [1.29, 1.82) is 0 Å². The summed E-state index contributed by atoms with van der Waals surface area (Å²) in [5.74, 6) is -0.197. The maximum absolute atomic E-state index is 12.1. The molecule has 0 saturated carbocycles. The van der Waals surface area contributed by atoms with Crippen LogP contribution in [0.2, 0.25) is 0 Å². The Labute approximate surface area is 154 Å². The van der Waals surface area contributed by atoms with Gasteiger partial charge in [0.25, 0.3) is 10.0 Å². The van der Waals surface area contributed by atoms with Crippen LogP contribution in [0.4, 0.5) is 0 Å². The number of carbonyl (C=O) groups excluding carboxylic acids is 1. The molecule has 0 aromatic heterocycles. The quantitative estimate of drug-likeness (QED) is 0.550. The van der Waals surface area contributed by atoms with Gasteiger partial charge in [0.15, 0.2) is 0 Å². The number of sulfonamides is 1. The molecule has 2 rings (SSSR count). The summed E-state index contributed by atoms with van der Waals surface area (Å²) in [4.78, 5) is 14.2. The van der Waals surface area contributed by atoms with Crippen molar-refractivity contribution in [2.75, 3.05) is 6.54 Å². The summed E-state index contributed by atoms with van der Waals surface area (Å²) < 4.78 is 24.3. The van der Waals surface area contributed by atoms with Crippen LogP contribution in [0.25, 0.3) is 0 Å². The van der Waals surface area contributed by atoms with Crippen molar-refractivity contribution in [3.8, 4) is 0 Å². The van der Waals surface area contributed by atoms with Crippen LogP contribution in [-0.4, -0.2) is 26.6 Å². The minimum atomic E-state index is -3.73. The second-order valence-electron chi connectivity index (χ2n) is 6.02. The molecule has 0 spiro atoms. The first-order valence-electron chi connectivity index (χ1n) is 8.29. The molecule has 7 heteroatoms. The molecule has 138 valence electrons. The fourth-order valence-electron chi connectivity index (χ4n) is 2.23. The van der Waals surface area contributed by atoms with Gasteiger partial charge in [0, 0.05) is 12.3 Å². The van der Waals surface area contributed by atoms with Gasteiger partial charge in [-0.05, 0) is 38.0 Å². The molecule has 0 atom stereocenters. The summed E-state index contributed by atoms with van der Waals surface area (Å²) in [6, 6.07) is 16.3. The third kappa shape index (κ3) is 6.33. The molecule has 0 saturated heterocycles. The highest BCUT2D eigenvalue weighted by molar-refractivity contribution is 7.89. The highest BCUT2D eigenvalue weighted by Gasteiger charge is 2.13. The molecule has 1 amide bonds. The van der Waals surface area contributed by atoms with E-state index >= 15 is 0 Å². The zero-order valence-corrected chi connectivity index (χ0v) is 15.7. The molecule has 0 radical (unpaired) electrons. The van der Waals surface area contributed by atoms with Crippen LogP contribution < -0.4 is 10.1 Å². The van der Waals surface area contributed by atoms with Gasteiger partial charge in [0.2, 0.25) is 5.91 Å². The molecule has 2 aromatic rings. The third-order valence-corrected chi connectivity index (χ3v) is 4.91. The number of rotatable bonds is 8. The number of amides is 1. The van der Waals surface area contributed by atoms with E-state index in [0.717, 1.165) is 17.5 Å². The standard InChI is InChI=1S/C19H23N3O3S/c1-15-8-10-18(11-9-15)26(24,25)22-21-16(2)14-19(23)20-13-12-17-6-4-3-5-7-17/h3-11,22H,12-14H2,1-2H3,(H,20,23)/b21-16+. The second-order valence-corrected chi connectivity index (χ2v) is 7.68. The third-order valence-electron chi connectivity index (χ3n) is 3.68. The van der Waals surface area contributed by atoms with E-state index in [1.165, 1.54) is 12.1 Å². The Balaban J connectivity index is 1.81. The number of hydrazone groups is 1. The number of aryl methyl sites for hydroxylation is 1. The van der Waals surface area contributed by atoms with Gasteiger partial charge in [-0.3, -0.25) is 4.79 Å². The Hall–Kier alpha value is -2.67. The normalized spacial score (nSPS) is 11.8. The van der Waals surface area contributed by atoms with E-state index in [1.54, 1.807) is 19.1 Å². The number of carbonyl (C=O) groups is 1. The summed E-state index contributed by atoms with van der Waals surface area (Å²) in [5.41, 5.74) is 2.50. The smallest absolute Gasteiger partial charge is 0.276 e. The first-order valence-corrected chi connectivity index (χ1v) is 9.77. The predicted octanol–water partition coefficient (Wildman–Crippen LogP) is 2.40. The Morgan fingerprint density at radius 2 is 1.69 bits per heavy atom. The molecule has 0 aliphatic heterocycles. The van der Waals surface area contributed by atoms with Crippen molar-refractivity contribution in [3.05, 3.63) is 65.7 Å². The SMILES string of the molecule is C/C(CC(=O)NCCc1ccccc1)=N\NS(=O)(=O)c1ccc(C)cc1. The highest BCUT2D eigenvalue weighted by Crippen LogP contribution is 2.09. The molecule has 26 heavy (non-hydrogen) atoms. The van der Waals surface area contributed by atoms with Crippen LogP contribution in [0.1, 0.15) is 24.5 Å². The maximum atomic E-state index is 12.1. The molecular weight excluding hydrogens is 350 g/mol. The van der Waals surface area contributed by atoms with Crippen molar-refractivity contribution in [1.82, 2.24) is 10.1 Å². The van der Waals surface area contributed by atoms with E-state index in [1.807, 2.05) is 37.3 Å². The Morgan fingerprint density at radius 1 is 1.04 bits per heavy atom. The van der Waals surface area contributed by atoms with Crippen molar-refractivity contribution < 1.29 is 13.2 Å². The molecule has 2 N–H and O–H groups in total. The number of benzene rings is 2. The van der Waals surface area contributed by atoms with E-state index in [2.05, 4.69) is 15.2 Å². The van der Waals surface area contributed by atoms with Crippen LogP contribution in [0.5, 0.6) is 0 Å². The van der Waals surface area contributed by atoms with Gasteiger partial charge in [0.1, 0.15) is 0 Å². The maximum Gasteiger partial charge on any atom is 0.276 e. The summed E-state index contributed by atoms with van der Waals surface area (Å²) in [5, 5.41) is 6.62. The van der Waals surface area contributed by atoms with Gasteiger partial charge in [-0.1, -0.05) is 48.0 Å². The van der Waals surface area contributed by atoms with Gasteiger partial charge in [-0.25, -0.2) is 4.83 Å². The molecule has 2 aromatic carbocycles. The van der Waals surface area contributed by atoms with Gasteiger partial charge < -0.3 is 5.32 Å². The zero-order valence-electron chi connectivity index (χ0n) is 14.9. The van der Waals surface area contributed by atoms with E-state index in [4.69, 9.17) is 0 Å². The molecule has 6 nitrogen and oxygen atoms in total. The number of nitrogens with one attached hydrogen (secondary N) is 2. The Bertz CT molecular complexity index is 861. The largest absolute Gasteiger partial charge is 0.355 e. The van der Waals surface area contributed by atoms with Crippen LogP contribution in [-0.2, 0) is 21.2 Å². The van der Waals surface area contributed by atoms with E-state index < -0.39 is 10.0 Å². The summed E-state index contributed by atoms with van der Waals surface area (Å²) in [6.45, 7) is 4.00. The monoisotopic (exact) mass is 373 g/mol. The van der Waals surface area contributed by atoms with Crippen LogP contribution in [0, 0.1) is 6.92 Å². The number of hydrogen-bond donors (Lipinski definition) is 2. The first-order chi connectivity index (χ1) is 12.4. The molecule has 0 bridgehead atoms. The second kappa shape index (κ2) is 9.15. The number of hydrogen-bond acceptors (Lipinski definition) is 4. The van der Waals surface area contributed by atoms with E-state index in [9.17, 15) is 13.2 Å². The van der Waals surface area contributed by atoms with Crippen LogP contribution >= 0.6 is 0 Å². The number of nitrogens with zero attached hydrogens (tertiary/aromatic N) is 1. The summed E-state index contributed by atoms with van der Waals surface area (Å²) in [7, 11) is -3.73. The van der Waals surface area contributed by atoms with Crippen molar-refractivity contribution >= 4 is 21.6 Å².